The van der Waals surface area contributed by atoms with Gasteiger partial charge < -0.3 is 10.4 Å². The highest BCUT2D eigenvalue weighted by atomic mass is 32.1. The molecule has 2 rings (SSSR count). The Hall–Kier alpha value is -1.86. The van der Waals surface area contributed by atoms with Crippen LogP contribution < -0.4 is 10.6 Å². The molecule has 21 heavy (non-hydrogen) atoms. The molecule has 0 aliphatic heterocycles. The fourth-order valence-electron chi connectivity index (χ4n) is 1.94. The number of aromatic carboxylic acids is 1. The highest BCUT2D eigenvalue weighted by Gasteiger charge is 2.17. The molecule has 1 atom stereocenters. The van der Waals surface area contributed by atoms with Gasteiger partial charge in [0.2, 0.25) is 0 Å². The molecule has 0 spiro atoms. The lowest BCUT2D eigenvalue weighted by atomic mass is 10.1. The van der Waals surface area contributed by atoms with Crippen LogP contribution in [0.4, 0.5) is 9.80 Å². The molecule has 2 aromatic rings. The molecule has 3 N–H and O–H groups in total. The normalized spacial score (nSPS) is 11.9. The van der Waals surface area contributed by atoms with E-state index in [0.29, 0.717) is 5.00 Å². The molecule has 2 aromatic heterocycles. The monoisotopic (exact) mass is 324 g/mol. The zero-order valence-electron chi connectivity index (χ0n) is 11.5. The summed E-state index contributed by atoms with van der Waals surface area (Å²) in [6, 6.07) is 4.98. The van der Waals surface area contributed by atoms with Crippen LogP contribution >= 0.6 is 22.7 Å². The number of hydrogen-bond donors (Lipinski definition) is 3. The van der Waals surface area contributed by atoms with Crippen molar-refractivity contribution in [3.05, 3.63) is 39.4 Å². The third-order valence-electron chi connectivity index (χ3n) is 2.89. The van der Waals surface area contributed by atoms with E-state index in [4.69, 9.17) is 5.11 Å². The summed E-state index contributed by atoms with van der Waals surface area (Å²) in [6.45, 7) is 2.06. The number of anilines is 1. The summed E-state index contributed by atoms with van der Waals surface area (Å²) in [6.07, 6.45) is 1.78. The second-order valence-electron chi connectivity index (χ2n) is 4.42. The topological polar surface area (TPSA) is 78.4 Å². The molecule has 2 amide bonds. The van der Waals surface area contributed by atoms with Crippen molar-refractivity contribution in [1.29, 1.82) is 0 Å². The van der Waals surface area contributed by atoms with E-state index in [9.17, 15) is 9.59 Å². The minimum absolute atomic E-state index is 0.0526. The molecular weight excluding hydrogens is 308 g/mol. The number of carbonyl (C=O) groups is 2. The van der Waals surface area contributed by atoms with E-state index in [1.54, 1.807) is 16.7 Å². The Morgan fingerprint density at radius 3 is 2.71 bits per heavy atom. The van der Waals surface area contributed by atoms with Crippen LogP contribution in [0.3, 0.4) is 0 Å². The van der Waals surface area contributed by atoms with Crippen LogP contribution in [-0.2, 0) is 0 Å². The van der Waals surface area contributed by atoms with E-state index in [1.807, 2.05) is 17.5 Å². The van der Waals surface area contributed by atoms with Gasteiger partial charge in [0.25, 0.3) is 0 Å². The van der Waals surface area contributed by atoms with Crippen molar-refractivity contribution in [3.63, 3.8) is 0 Å². The summed E-state index contributed by atoms with van der Waals surface area (Å²) < 4.78 is 0. The van der Waals surface area contributed by atoms with Crippen molar-refractivity contribution in [2.45, 2.75) is 25.8 Å². The lowest BCUT2D eigenvalue weighted by Gasteiger charge is -2.17. The van der Waals surface area contributed by atoms with Crippen molar-refractivity contribution in [2.75, 3.05) is 5.32 Å². The van der Waals surface area contributed by atoms with Gasteiger partial charge in [0.1, 0.15) is 5.00 Å². The zero-order chi connectivity index (χ0) is 15.2. The summed E-state index contributed by atoms with van der Waals surface area (Å²) in [7, 11) is 0. The molecular formula is C14H16N2O3S2. The van der Waals surface area contributed by atoms with Crippen LogP contribution in [0.5, 0.6) is 0 Å². The minimum Gasteiger partial charge on any atom is -0.478 e. The summed E-state index contributed by atoms with van der Waals surface area (Å²) >= 11 is 2.79. The summed E-state index contributed by atoms with van der Waals surface area (Å²) in [5.41, 5.74) is 0.110. The second-order valence-corrected chi connectivity index (χ2v) is 6.32. The summed E-state index contributed by atoms with van der Waals surface area (Å²) in [5.74, 6) is -1.05. The van der Waals surface area contributed by atoms with E-state index in [-0.39, 0.29) is 17.6 Å². The number of carboxylic acid groups (broad SMARTS) is 1. The number of urea groups is 1. The molecule has 0 bridgehead atoms. The average Bonchev–Trinajstić information content (AvgIpc) is 3.08. The van der Waals surface area contributed by atoms with Gasteiger partial charge in [-0.25, -0.2) is 9.59 Å². The minimum atomic E-state index is -1.05. The Morgan fingerprint density at radius 1 is 1.29 bits per heavy atom. The average molecular weight is 324 g/mol. The molecule has 0 fully saturated rings. The second kappa shape index (κ2) is 7.24. The van der Waals surface area contributed by atoms with E-state index in [0.717, 1.165) is 17.7 Å². The lowest BCUT2D eigenvalue weighted by molar-refractivity contribution is 0.0698. The van der Waals surface area contributed by atoms with Gasteiger partial charge in [0.05, 0.1) is 11.6 Å². The first-order valence-corrected chi connectivity index (χ1v) is 8.29. The molecule has 5 nitrogen and oxygen atoms in total. The Bertz CT molecular complexity index is 608. The van der Waals surface area contributed by atoms with Gasteiger partial charge in [-0.3, -0.25) is 5.32 Å². The zero-order valence-corrected chi connectivity index (χ0v) is 13.1. The van der Waals surface area contributed by atoms with E-state index >= 15 is 0 Å². The molecule has 2 heterocycles. The Morgan fingerprint density at radius 2 is 2.10 bits per heavy atom. The number of nitrogens with one attached hydrogen (secondary N) is 2. The molecule has 0 aliphatic rings. The summed E-state index contributed by atoms with van der Waals surface area (Å²) in [5, 5.41) is 18.5. The Kier molecular flexibility index (Phi) is 5.35. The molecule has 0 saturated carbocycles. The van der Waals surface area contributed by atoms with E-state index in [2.05, 4.69) is 17.6 Å². The van der Waals surface area contributed by atoms with Gasteiger partial charge in [0, 0.05) is 4.88 Å². The van der Waals surface area contributed by atoms with Crippen LogP contribution in [0.15, 0.2) is 29.0 Å². The predicted octanol–water partition coefficient (Wildman–Crippen LogP) is 4.17. The van der Waals surface area contributed by atoms with Gasteiger partial charge in [-0.15, -0.1) is 22.7 Å². The lowest BCUT2D eigenvalue weighted by Crippen LogP contribution is -2.32. The first-order chi connectivity index (χ1) is 10.1. The van der Waals surface area contributed by atoms with E-state index < -0.39 is 5.97 Å². The number of carbonyl (C=O) groups excluding carboxylic acids is 1. The number of amides is 2. The highest BCUT2D eigenvalue weighted by Crippen LogP contribution is 2.25. The molecule has 112 valence electrons. The molecule has 7 heteroatoms. The number of rotatable bonds is 6. The standard InChI is InChI=1S/C14H16N2O3S2/c1-2-4-10(11-5-3-7-20-11)15-14(19)16-12-9(13(17)18)6-8-21-12/h3,5-8,10H,2,4H2,1H3,(H,17,18)(H2,15,16,19). The van der Waals surface area contributed by atoms with Crippen molar-refractivity contribution in [1.82, 2.24) is 5.32 Å². The molecule has 0 saturated heterocycles. The van der Waals surface area contributed by atoms with Crippen molar-refractivity contribution < 1.29 is 14.7 Å². The summed E-state index contributed by atoms with van der Waals surface area (Å²) in [4.78, 5) is 24.2. The third kappa shape index (κ3) is 4.05. The Labute approximate surface area is 130 Å². The molecule has 0 aliphatic carbocycles. The smallest absolute Gasteiger partial charge is 0.338 e. The van der Waals surface area contributed by atoms with Gasteiger partial charge in [-0.1, -0.05) is 19.4 Å². The molecule has 0 aromatic carbocycles. The highest BCUT2D eigenvalue weighted by molar-refractivity contribution is 7.14. The fraction of sp³-hybridized carbons (Fsp3) is 0.286. The van der Waals surface area contributed by atoms with Crippen LogP contribution in [0.1, 0.15) is 41.0 Å². The van der Waals surface area contributed by atoms with Gasteiger partial charge in [-0.05, 0) is 29.3 Å². The maximum Gasteiger partial charge on any atom is 0.338 e. The maximum atomic E-state index is 12.1. The van der Waals surface area contributed by atoms with Crippen LogP contribution in [0, 0.1) is 0 Å². The van der Waals surface area contributed by atoms with Crippen LogP contribution in [-0.4, -0.2) is 17.1 Å². The van der Waals surface area contributed by atoms with Crippen molar-refractivity contribution >= 4 is 39.7 Å². The Balaban J connectivity index is 2.02. The largest absolute Gasteiger partial charge is 0.478 e. The van der Waals surface area contributed by atoms with Crippen molar-refractivity contribution in [3.8, 4) is 0 Å². The van der Waals surface area contributed by atoms with Crippen LogP contribution in [0.25, 0.3) is 0 Å². The first kappa shape index (κ1) is 15.5. The first-order valence-electron chi connectivity index (χ1n) is 6.53. The number of hydrogen-bond acceptors (Lipinski definition) is 4. The predicted molar refractivity (Wildman–Crippen MR) is 85.4 cm³/mol. The quantitative estimate of drug-likeness (QED) is 0.746. The van der Waals surface area contributed by atoms with Crippen LogP contribution in [0.2, 0.25) is 0 Å². The van der Waals surface area contributed by atoms with E-state index in [1.165, 1.54) is 17.4 Å². The maximum absolute atomic E-state index is 12.1. The molecule has 0 radical (unpaired) electrons. The number of thiophene rings is 2. The van der Waals surface area contributed by atoms with Gasteiger partial charge in [0.15, 0.2) is 0 Å². The van der Waals surface area contributed by atoms with Gasteiger partial charge in [-0.2, -0.15) is 0 Å². The van der Waals surface area contributed by atoms with Crippen molar-refractivity contribution in [2.24, 2.45) is 0 Å². The third-order valence-corrected chi connectivity index (χ3v) is 4.71. The van der Waals surface area contributed by atoms with Gasteiger partial charge >= 0.3 is 12.0 Å². The number of carboxylic acids is 1. The molecule has 1 unspecified atom stereocenters. The fourth-order valence-corrected chi connectivity index (χ4v) is 3.52. The SMILES string of the molecule is CCCC(NC(=O)Nc1sccc1C(=O)O)c1cccs1.